The Balaban J connectivity index is 1.48. The highest BCUT2D eigenvalue weighted by molar-refractivity contribution is 7.99. The number of hydrogen-bond acceptors (Lipinski definition) is 7. The van der Waals surface area contributed by atoms with Crippen molar-refractivity contribution >= 4 is 45.5 Å². The van der Waals surface area contributed by atoms with Crippen LogP contribution in [0.2, 0.25) is 0 Å². The molecule has 1 amide bonds. The quantitative estimate of drug-likeness (QED) is 0.299. The van der Waals surface area contributed by atoms with E-state index in [1.807, 2.05) is 24.3 Å². The number of nitrogens with zero attached hydrogens (tertiary/aromatic N) is 4. The van der Waals surface area contributed by atoms with Crippen molar-refractivity contribution in [3.05, 3.63) is 42.3 Å². The Morgan fingerprint density at radius 3 is 2.87 bits per heavy atom. The van der Waals surface area contributed by atoms with Gasteiger partial charge in [-0.2, -0.15) is 5.10 Å². The van der Waals surface area contributed by atoms with Crippen molar-refractivity contribution in [1.29, 1.82) is 0 Å². The third kappa shape index (κ3) is 4.82. The number of rotatable bonds is 9. The second kappa shape index (κ2) is 9.38. The largest absolute Gasteiger partial charge is 0.451 e. The highest BCUT2D eigenvalue weighted by Crippen LogP contribution is 2.24. The summed E-state index contributed by atoms with van der Waals surface area (Å²) in [5, 5.41) is 13.3. The molecule has 0 saturated heterocycles. The Bertz CT molecular complexity index is 1170. The average molecular weight is 439 g/mol. The number of hydrogen-bond donors (Lipinski definition) is 2. The highest BCUT2D eigenvalue weighted by atomic mass is 32.2. The maximum atomic E-state index is 12.5. The van der Waals surface area contributed by atoms with Crippen molar-refractivity contribution in [3.8, 4) is 0 Å². The third-order valence-electron chi connectivity index (χ3n) is 4.69. The molecule has 31 heavy (non-hydrogen) atoms. The van der Waals surface area contributed by atoms with Crippen LogP contribution >= 0.6 is 11.8 Å². The lowest BCUT2D eigenvalue weighted by Crippen LogP contribution is -2.27. The minimum absolute atomic E-state index is 0.246. The van der Waals surface area contributed by atoms with Gasteiger partial charge in [-0.3, -0.25) is 4.79 Å². The van der Waals surface area contributed by atoms with Crippen molar-refractivity contribution in [3.63, 3.8) is 0 Å². The zero-order valence-corrected chi connectivity index (χ0v) is 18.7. The number of fused-ring (bicyclic) bond motifs is 2. The van der Waals surface area contributed by atoms with E-state index in [9.17, 15) is 4.79 Å². The Labute approximate surface area is 184 Å². The van der Waals surface area contributed by atoms with Gasteiger partial charge < -0.3 is 15.1 Å². The SMILES string of the molecule is CCSc1nc(NCC(C)C)c2cnn(CCNC(=O)c3cc4ccccc4o3)c2n1. The van der Waals surface area contributed by atoms with Gasteiger partial charge in [-0.25, -0.2) is 14.6 Å². The van der Waals surface area contributed by atoms with Crippen molar-refractivity contribution in [2.24, 2.45) is 5.92 Å². The summed E-state index contributed by atoms with van der Waals surface area (Å²) in [6.45, 7) is 8.10. The van der Waals surface area contributed by atoms with Crippen LogP contribution in [0.5, 0.6) is 0 Å². The summed E-state index contributed by atoms with van der Waals surface area (Å²) in [7, 11) is 0. The summed E-state index contributed by atoms with van der Waals surface area (Å²) in [5.41, 5.74) is 1.46. The first kappa shape index (κ1) is 21.2. The molecule has 3 heterocycles. The van der Waals surface area contributed by atoms with Gasteiger partial charge in [0, 0.05) is 18.5 Å². The van der Waals surface area contributed by atoms with Crippen LogP contribution in [-0.2, 0) is 6.54 Å². The molecule has 2 N–H and O–H groups in total. The smallest absolute Gasteiger partial charge is 0.287 e. The molecular formula is C22H26N6O2S. The summed E-state index contributed by atoms with van der Waals surface area (Å²) in [5.74, 6) is 2.24. The number of amides is 1. The van der Waals surface area contributed by atoms with Gasteiger partial charge in [0.1, 0.15) is 11.4 Å². The van der Waals surface area contributed by atoms with Crippen LogP contribution in [-0.4, -0.2) is 44.5 Å². The molecule has 0 spiro atoms. The average Bonchev–Trinajstić information content (AvgIpc) is 3.36. The fraction of sp³-hybridized carbons (Fsp3) is 0.364. The first-order valence-electron chi connectivity index (χ1n) is 10.4. The molecule has 0 fully saturated rings. The van der Waals surface area contributed by atoms with Crippen LogP contribution in [0.4, 0.5) is 5.82 Å². The first-order valence-corrected chi connectivity index (χ1v) is 11.4. The molecule has 4 aromatic rings. The fourth-order valence-electron chi connectivity index (χ4n) is 3.18. The van der Waals surface area contributed by atoms with Crippen LogP contribution < -0.4 is 10.6 Å². The summed E-state index contributed by atoms with van der Waals surface area (Å²) in [6, 6.07) is 9.32. The number of furan rings is 1. The molecule has 1 aromatic carbocycles. The third-order valence-corrected chi connectivity index (χ3v) is 5.41. The highest BCUT2D eigenvalue weighted by Gasteiger charge is 2.15. The van der Waals surface area contributed by atoms with Gasteiger partial charge in [-0.05, 0) is 23.8 Å². The van der Waals surface area contributed by atoms with E-state index < -0.39 is 0 Å². The zero-order chi connectivity index (χ0) is 21.8. The number of nitrogens with one attached hydrogen (secondary N) is 2. The van der Waals surface area contributed by atoms with Crippen LogP contribution in [0, 0.1) is 5.92 Å². The van der Waals surface area contributed by atoms with Gasteiger partial charge >= 0.3 is 0 Å². The van der Waals surface area contributed by atoms with E-state index in [1.165, 1.54) is 0 Å². The number of para-hydroxylation sites is 1. The standard InChI is InChI=1S/C22H26N6O2S/c1-4-31-22-26-19(24-12-14(2)3)16-13-25-28(20(16)27-22)10-9-23-21(29)18-11-15-7-5-6-8-17(15)30-18/h5-8,11,13-14H,4,9-10,12H2,1-3H3,(H,23,29)(H,24,26,27). The van der Waals surface area contributed by atoms with Gasteiger partial charge in [0.15, 0.2) is 16.6 Å². The lowest BCUT2D eigenvalue weighted by Gasteiger charge is -2.11. The molecular weight excluding hydrogens is 412 g/mol. The second-order valence-corrected chi connectivity index (χ2v) is 8.80. The second-order valence-electron chi connectivity index (χ2n) is 7.57. The molecule has 162 valence electrons. The molecule has 0 aliphatic carbocycles. The van der Waals surface area contributed by atoms with E-state index in [0.717, 1.165) is 34.5 Å². The van der Waals surface area contributed by atoms with Gasteiger partial charge in [0.05, 0.1) is 18.1 Å². The van der Waals surface area contributed by atoms with Crippen molar-refractivity contribution in [2.45, 2.75) is 32.5 Å². The van der Waals surface area contributed by atoms with E-state index in [2.05, 4.69) is 46.5 Å². The molecule has 3 aromatic heterocycles. The number of anilines is 1. The predicted molar refractivity (Wildman–Crippen MR) is 124 cm³/mol. The van der Waals surface area contributed by atoms with E-state index in [4.69, 9.17) is 4.42 Å². The summed E-state index contributed by atoms with van der Waals surface area (Å²) in [4.78, 5) is 21.8. The van der Waals surface area contributed by atoms with E-state index in [0.29, 0.717) is 35.5 Å². The molecule has 9 heteroatoms. The summed E-state index contributed by atoms with van der Waals surface area (Å²) >= 11 is 1.59. The Morgan fingerprint density at radius 2 is 2.10 bits per heavy atom. The molecule has 0 atom stereocenters. The monoisotopic (exact) mass is 438 g/mol. The summed E-state index contributed by atoms with van der Waals surface area (Å²) < 4.78 is 7.43. The molecule has 0 saturated carbocycles. The first-order chi connectivity index (χ1) is 15.0. The topological polar surface area (TPSA) is 97.9 Å². The van der Waals surface area contributed by atoms with E-state index in [-0.39, 0.29) is 5.91 Å². The number of thioether (sulfide) groups is 1. The Kier molecular flexibility index (Phi) is 6.41. The minimum atomic E-state index is -0.246. The van der Waals surface area contributed by atoms with Crippen molar-refractivity contribution < 1.29 is 9.21 Å². The molecule has 0 bridgehead atoms. The maximum absolute atomic E-state index is 12.5. The van der Waals surface area contributed by atoms with Crippen molar-refractivity contribution in [1.82, 2.24) is 25.1 Å². The van der Waals surface area contributed by atoms with E-state index >= 15 is 0 Å². The normalized spacial score (nSPS) is 11.5. The number of carbonyl (C=O) groups excluding carboxylic acids is 1. The van der Waals surface area contributed by atoms with E-state index in [1.54, 1.807) is 28.7 Å². The molecule has 4 rings (SSSR count). The van der Waals surface area contributed by atoms with Crippen LogP contribution in [0.15, 0.2) is 46.1 Å². The molecule has 8 nitrogen and oxygen atoms in total. The van der Waals surface area contributed by atoms with Crippen LogP contribution in [0.25, 0.3) is 22.0 Å². The Hall–Kier alpha value is -3.07. The lowest BCUT2D eigenvalue weighted by molar-refractivity contribution is 0.0926. The lowest BCUT2D eigenvalue weighted by atomic mass is 10.2. The number of benzene rings is 1. The Morgan fingerprint density at radius 1 is 1.26 bits per heavy atom. The van der Waals surface area contributed by atoms with Crippen LogP contribution in [0.1, 0.15) is 31.3 Å². The fourth-order valence-corrected chi connectivity index (χ4v) is 3.75. The molecule has 0 aliphatic rings. The zero-order valence-electron chi connectivity index (χ0n) is 17.9. The minimum Gasteiger partial charge on any atom is -0.451 e. The van der Waals surface area contributed by atoms with Gasteiger partial charge in [-0.15, -0.1) is 0 Å². The predicted octanol–water partition coefficient (Wildman–Crippen LogP) is 4.18. The number of aromatic nitrogens is 4. The maximum Gasteiger partial charge on any atom is 0.287 e. The van der Waals surface area contributed by atoms with Crippen molar-refractivity contribution in [2.75, 3.05) is 24.2 Å². The van der Waals surface area contributed by atoms with Crippen LogP contribution in [0.3, 0.4) is 0 Å². The molecule has 0 radical (unpaired) electrons. The van der Waals surface area contributed by atoms with Gasteiger partial charge in [0.2, 0.25) is 0 Å². The van der Waals surface area contributed by atoms with Gasteiger partial charge in [-0.1, -0.05) is 50.7 Å². The summed E-state index contributed by atoms with van der Waals surface area (Å²) in [6.07, 6.45) is 1.78. The molecule has 0 unspecified atom stereocenters. The van der Waals surface area contributed by atoms with Gasteiger partial charge in [0.25, 0.3) is 5.91 Å². The molecule has 0 aliphatic heterocycles. The number of carbonyl (C=O) groups is 1.